The maximum Gasteiger partial charge on any atom is 0.242 e. The molecule has 0 atom stereocenters. The number of fused-ring (bicyclic) bond motifs is 1. The van der Waals surface area contributed by atoms with E-state index in [1.807, 2.05) is 6.07 Å². The molecule has 1 amide bonds. The largest absolute Gasteiger partial charge is 0.312 e. The molecule has 0 bridgehead atoms. The summed E-state index contributed by atoms with van der Waals surface area (Å²) < 4.78 is 28.9. The number of anilines is 1. The number of nitrogens with one attached hydrogen (secondary N) is 1. The fourth-order valence-corrected chi connectivity index (χ4v) is 5.84. The summed E-state index contributed by atoms with van der Waals surface area (Å²) in [6.45, 7) is 2.11. The summed E-state index contributed by atoms with van der Waals surface area (Å²) in [4.78, 5) is 13.6. The zero-order valence-electron chi connectivity index (χ0n) is 13.1. The first-order chi connectivity index (χ1) is 10.9. The highest BCUT2D eigenvalue weighted by atomic mass is 79.9. The molecule has 5 nitrogen and oxygen atoms in total. The Morgan fingerprint density at radius 3 is 2.61 bits per heavy atom. The summed E-state index contributed by atoms with van der Waals surface area (Å²) in [5, 5.41) is 0. The first-order valence-electron chi connectivity index (χ1n) is 8.01. The molecule has 1 aliphatic heterocycles. The predicted molar refractivity (Wildman–Crippen MR) is 93.1 cm³/mol. The minimum absolute atomic E-state index is 0.0119. The summed E-state index contributed by atoms with van der Waals surface area (Å²) in [5.74, 6) is -0.0605. The van der Waals surface area contributed by atoms with E-state index in [-0.39, 0.29) is 16.8 Å². The van der Waals surface area contributed by atoms with Gasteiger partial charge in [0, 0.05) is 29.7 Å². The van der Waals surface area contributed by atoms with Crippen molar-refractivity contribution in [2.24, 2.45) is 0 Å². The number of hydrogen-bond acceptors (Lipinski definition) is 3. The summed E-state index contributed by atoms with van der Waals surface area (Å²) in [6, 6.07) is 3.46. The number of nitrogens with zero attached hydrogens (tertiary/aromatic N) is 1. The summed E-state index contributed by atoms with van der Waals surface area (Å²) in [6.07, 6.45) is 5.84. The van der Waals surface area contributed by atoms with E-state index >= 15 is 0 Å². The normalized spacial score (nSPS) is 19.0. The average molecular weight is 401 g/mol. The Balaban J connectivity index is 1.92. The average Bonchev–Trinajstić information content (AvgIpc) is 2.89. The maximum absolute atomic E-state index is 12.8. The van der Waals surface area contributed by atoms with Gasteiger partial charge in [-0.3, -0.25) is 4.79 Å². The first-order valence-corrected chi connectivity index (χ1v) is 10.3. The molecule has 23 heavy (non-hydrogen) atoms. The minimum Gasteiger partial charge on any atom is -0.312 e. The van der Waals surface area contributed by atoms with Gasteiger partial charge in [-0.15, -0.1) is 0 Å². The third-order valence-electron chi connectivity index (χ3n) is 4.63. The molecule has 3 rings (SSSR count). The Labute approximate surface area is 145 Å². The second-order valence-electron chi connectivity index (χ2n) is 6.29. The van der Waals surface area contributed by atoms with E-state index in [2.05, 4.69) is 20.7 Å². The molecule has 7 heteroatoms. The van der Waals surface area contributed by atoms with Gasteiger partial charge in [0.25, 0.3) is 0 Å². The fourth-order valence-electron chi connectivity index (χ4n) is 3.42. The number of carbonyl (C=O) groups is 1. The Bertz CT molecular complexity index is 727. The lowest BCUT2D eigenvalue weighted by molar-refractivity contribution is -0.116. The molecule has 1 N–H and O–H groups in total. The lowest BCUT2D eigenvalue weighted by atomic mass is 9.96. The predicted octanol–water partition coefficient (Wildman–Crippen LogP) is 2.97. The Morgan fingerprint density at radius 1 is 1.26 bits per heavy atom. The second kappa shape index (κ2) is 6.53. The van der Waals surface area contributed by atoms with Crippen LogP contribution in [-0.2, 0) is 21.2 Å². The smallest absolute Gasteiger partial charge is 0.242 e. The molecule has 1 aromatic rings. The van der Waals surface area contributed by atoms with Gasteiger partial charge in [-0.05, 0) is 52.9 Å². The third kappa shape index (κ3) is 3.46. The standard InChI is InChI=1S/C16H21BrN2O3S/c1-11(20)19-8-7-12-9-14(17)16(10-15(12)19)23(21,22)18-13-5-3-2-4-6-13/h9-10,13,18H,2-8H2,1H3. The fraction of sp³-hybridized carbons (Fsp3) is 0.562. The van der Waals surface area contributed by atoms with E-state index < -0.39 is 10.0 Å². The molecular formula is C16H21BrN2O3S. The van der Waals surface area contributed by atoms with E-state index in [9.17, 15) is 13.2 Å². The molecular weight excluding hydrogens is 380 g/mol. The zero-order valence-corrected chi connectivity index (χ0v) is 15.5. The molecule has 1 saturated carbocycles. The molecule has 0 radical (unpaired) electrons. The van der Waals surface area contributed by atoms with E-state index in [0.29, 0.717) is 16.7 Å². The van der Waals surface area contributed by atoms with Crippen molar-refractivity contribution in [2.45, 2.75) is 56.4 Å². The van der Waals surface area contributed by atoms with Gasteiger partial charge >= 0.3 is 0 Å². The number of benzene rings is 1. The number of sulfonamides is 1. The minimum atomic E-state index is -3.60. The van der Waals surface area contributed by atoms with Crippen LogP contribution in [0.5, 0.6) is 0 Å². The monoisotopic (exact) mass is 400 g/mol. The van der Waals surface area contributed by atoms with Gasteiger partial charge in [-0.2, -0.15) is 0 Å². The Hall–Kier alpha value is -0.920. The van der Waals surface area contributed by atoms with Crippen LogP contribution in [-0.4, -0.2) is 26.9 Å². The zero-order chi connectivity index (χ0) is 16.6. The van der Waals surface area contributed by atoms with Crippen LogP contribution < -0.4 is 9.62 Å². The van der Waals surface area contributed by atoms with Crippen LogP contribution >= 0.6 is 15.9 Å². The van der Waals surface area contributed by atoms with E-state index in [1.165, 1.54) is 13.3 Å². The van der Waals surface area contributed by atoms with Gasteiger partial charge in [0.1, 0.15) is 0 Å². The van der Waals surface area contributed by atoms with Crippen molar-refractivity contribution in [3.8, 4) is 0 Å². The quantitative estimate of drug-likeness (QED) is 0.847. The highest BCUT2D eigenvalue weighted by molar-refractivity contribution is 9.10. The lowest BCUT2D eigenvalue weighted by Crippen LogP contribution is -2.36. The summed E-state index contributed by atoms with van der Waals surface area (Å²) in [5.41, 5.74) is 1.72. The number of rotatable bonds is 3. The molecule has 0 spiro atoms. The molecule has 1 fully saturated rings. The molecule has 2 aliphatic rings. The van der Waals surface area contributed by atoms with Crippen molar-refractivity contribution in [2.75, 3.05) is 11.4 Å². The number of amides is 1. The molecule has 126 valence electrons. The second-order valence-corrected chi connectivity index (χ2v) is 8.82. The maximum atomic E-state index is 12.8. The third-order valence-corrected chi connectivity index (χ3v) is 7.10. The lowest BCUT2D eigenvalue weighted by Gasteiger charge is -2.23. The van der Waals surface area contributed by atoms with Gasteiger partial charge in [0.2, 0.25) is 15.9 Å². The summed E-state index contributed by atoms with van der Waals surface area (Å²) in [7, 11) is -3.60. The Kier molecular flexibility index (Phi) is 4.80. The molecule has 0 aromatic heterocycles. The van der Waals surface area contributed by atoms with Crippen molar-refractivity contribution in [3.63, 3.8) is 0 Å². The SMILES string of the molecule is CC(=O)N1CCc2cc(Br)c(S(=O)(=O)NC3CCCCC3)cc21. The molecule has 0 unspecified atom stereocenters. The number of halogens is 1. The van der Waals surface area contributed by atoms with Crippen LogP contribution in [0.25, 0.3) is 0 Å². The van der Waals surface area contributed by atoms with E-state index in [4.69, 9.17) is 0 Å². The van der Waals surface area contributed by atoms with Gasteiger partial charge in [0.05, 0.1) is 4.90 Å². The van der Waals surface area contributed by atoms with Crippen molar-refractivity contribution in [1.82, 2.24) is 4.72 Å². The van der Waals surface area contributed by atoms with Crippen molar-refractivity contribution < 1.29 is 13.2 Å². The van der Waals surface area contributed by atoms with Gasteiger partial charge in [-0.25, -0.2) is 13.1 Å². The van der Waals surface area contributed by atoms with Crippen LogP contribution in [0, 0.1) is 0 Å². The molecule has 1 aromatic carbocycles. The van der Waals surface area contributed by atoms with Gasteiger partial charge < -0.3 is 4.90 Å². The van der Waals surface area contributed by atoms with Crippen LogP contribution in [0.4, 0.5) is 5.69 Å². The molecule has 0 saturated heterocycles. The van der Waals surface area contributed by atoms with Crippen molar-refractivity contribution in [3.05, 3.63) is 22.2 Å². The van der Waals surface area contributed by atoms with Gasteiger partial charge in [0.15, 0.2) is 0 Å². The number of carbonyl (C=O) groups excluding carboxylic acids is 1. The van der Waals surface area contributed by atoms with Crippen molar-refractivity contribution in [1.29, 1.82) is 0 Å². The Morgan fingerprint density at radius 2 is 1.96 bits per heavy atom. The van der Waals surface area contributed by atoms with Crippen LogP contribution in [0.3, 0.4) is 0 Å². The van der Waals surface area contributed by atoms with Crippen LogP contribution in [0.1, 0.15) is 44.6 Å². The molecule has 1 aliphatic carbocycles. The van der Waals surface area contributed by atoms with Crippen LogP contribution in [0.2, 0.25) is 0 Å². The highest BCUT2D eigenvalue weighted by Crippen LogP contribution is 2.35. The van der Waals surface area contributed by atoms with Crippen molar-refractivity contribution >= 4 is 37.5 Å². The molecule has 1 heterocycles. The summed E-state index contributed by atoms with van der Waals surface area (Å²) >= 11 is 3.38. The topological polar surface area (TPSA) is 66.5 Å². The number of hydrogen-bond donors (Lipinski definition) is 1. The first kappa shape index (κ1) is 16.9. The van der Waals surface area contributed by atoms with Crippen LogP contribution in [0.15, 0.2) is 21.5 Å². The van der Waals surface area contributed by atoms with E-state index in [1.54, 1.807) is 11.0 Å². The highest BCUT2D eigenvalue weighted by Gasteiger charge is 2.29. The van der Waals surface area contributed by atoms with Gasteiger partial charge in [-0.1, -0.05) is 19.3 Å². The van der Waals surface area contributed by atoms with E-state index in [0.717, 1.165) is 37.7 Å².